The van der Waals surface area contributed by atoms with Crippen LogP contribution in [0.5, 0.6) is 0 Å². The van der Waals surface area contributed by atoms with E-state index in [1.54, 1.807) is 0 Å². The summed E-state index contributed by atoms with van der Waals surface area (Å²) in [6, 6.07) is 18.0. The van der Waals surface area contributed by atoms with Crippen molar-refractivity contribution in [1.29, 1.82) is 0 Å². The van der Waals surface area contributed by atoms with Crippen molar-refractivity contribution in [1.82, 2.24) is 5.32 Å². The molecule has 0 spiro atoms. The SMILES string of the molecule is COC(=O)[C@@H]1C(=O)C2=C(C[C@@H]1C)NC(C)=C(C(=O)OC1CCCC1)[C@@H]2c1ccc(-c2ccccc2)cc1. The van der Waals surface area contributed by atoms with Crippen LogP contribution in [0.1, 0.15) is 57.4 Å². The summed E-state index contributed by atoms with van der Waals surface area (Å²) in [6.45, 7) is 3.75. The predicted molar refractivity (Wildman–Crippen MR) is 140 cm³/mol. The normalized spacial score (nSPS) is 24.0. The summed E-state index contributed by atoms with van der Waals surface area (Å²) < 4.78 is 10.9. The Bertz CT molecular complexity index is 1270. The van der Waals surface area contributed by atoms with Crippen LogP contribution in [0.25, 0.3) is 11.1 Å². The zero-order chi connectivity index (χ0) is 26.1. The Hall–Kier alpha value is -3.67. The molecular weight excluding hydrogens is 466 g/mol. The molecule has 6 heteroatoms. The first-order valence-corrected chi connectivity index (χ1v) is 13.1. The second-order valence-electron chi connectivity index (χ2n) is 10.3. The molecule has 37 heavy (non-hydrogen) atoms. The lowest BCUT2D eigenvalue weighted by atomic mass is 9.69. The van der Waals surface area contributed by atoms with Gasteiger partial charge >= 0.3 is 11.9 Å². The van der Waals surface area contributed by atoms with Crippen LogP contribution >= 0.6 is 0 Å². The maximum atomic E-state index is 13.9. The highest BCUT2D eigenvalue weighted by Gasteiger charge is 2.47. The molecule has 0 radical (unpaired) electrons. The fourth-order valence-corrected chi connectivity index (χ4v) is 6.00. The van der Waals surface area contributed by atoms with Crippen LogP contribution in [0.2, 0.25) is 0 Å². The van der Waals surface area contributed by atoms with E-state index in [9.17, 15) is 14.4 Å². The van der Waals surface area contributed by atoms with Crippen LogP contribution in [-0.2, 0) is 23.9 Å². The fourth-order valence-electron chi connectivity index (χ4n) is 6.00. The van der Waals surface area contributed by atoms with E-state index in [1.165, 1.54) is 7.11 Å². The molecule has 5 rings (SSSR count). The molecule has 2 aromatic rings. The molecule has 1 saturated carbocycles. The molecule has 1 N–H and O–H groups in total. The first-order chi connectivity index (χ1) is 17.9. The Morgan fingerprint density at radius 3 is 2.24 bits per heavy atom. The Labute approximate surface area is 217 Å². The van der Waals surface area contributed by atoms with Gasteiger partial charge in [0.15, 0.2) is 5.78 Å². The molecule has 0 unspecified atom stereocenters. The number of rotatable bonds is 5. The zero-order valence-electron chi connectivity index (χ0n) is 21.6. The Kier molecular flexibility index (Phi) is 7.00. The van der Waals surface area contributed by atoms with E-state index >= 15 is 0 Å². The third-order valence-electron chi connectivity index (χ3n) is 7.89. The van der Waals surface area contributed by atoms with Gasteiger partial charge in [0.1, 0.15) is 12.0 Å². The standard InChI is InChI=1S/C31H33NO5/c1-18-17-24-28(29(33)25(18)30(34)36-3)27(22-15-13-21(14-16-22)20-9-5-4-6-10-20)26(19(2)32-24)31(35)37-23-11-7-8-12-23/h4-6,9-10,13-16,18,23,25,27,32H,7-8,11-12,17H2,1-3H3/t18-,25-,27-/m0/s1. The van der Waals surface area contributed by atoms with Gasteiger partial charge in [-0.2, -0.15) is 0 Å². The summed E-state index contributed by atoms with van der Waals surface area (Å²) in [5.41, 5.74) is 5.30. The number of allylic oxidation sites excluding steroid dienone is 3. The average Bonchev–Trinajstić information content (AvgIpc) is 3.41. The lowest BCUT2D eigenvalue weighted by Gasteiger charge is -2.38. The van der Waals surface area contributed by atoms with Gasteiger partial charge in [0, 0.05) is 22.9 Å². The number of ketones is 1. The van der Waals surface area contributed by atoms with Crippen LogP contribution in [0.4, 0.5) is 0 Å². The minimum absolute atomic E-state index is 0.103. The molecule has 3 atom stereocenters. The van der Waals surface area contributed by atoms with Crippen molar-refractivity contribution in [3.63, 3.8) is 0 Å². The quantitative estimate of drug-likeness (QED) is 0.435. The molecule has 0 amide bonds. The molecule has 192 valence electrons. The van der Waals surface area contributed by atoms with Crippen molar-refractivity contribution < 1.29 is 23.9 Å². The lowest BCUT2D eigenvalue weighted by Crippen LogP contribution is -2.43. The first-order valence-electron chi connectivity index (χ1n) is 13.1. The van der Waals surface area contributed by atoms with Crippen LogP contribution in [0, 0.1) is 11.8 Å². The molecule has 0 aromatic heterocycles. The maximum absolute atomic E-state index is 13.9. The van der Waals surface area contributed by atoms with Crippen LogP contribution in [0.3, 0.4) is 0 Å². The van der Waals surface area contributed by atoms with Gasteiger partial charge in [0.05, 0.1) is 12.7 Å². The van der Waals surface area contributed by atoms with Gasteiger partial charge in [-0.1, -0.05) is 61.5 Å². The molecule has 2 aliphatic carbocycles. The third kappa shape index (κ3) is 4.73. The van der Waals surface area contributed by atoms with Crippen LogP contribution < -0.4 is 5.32 Å². The van der Waals surface area contributed by atoms with E-state index in [4.69, 9.17) is 9.47 Å². The predicted octanol–water partition coefficient (Wildman–Crippen LogP) is 5.45. The van der Waals surface area contributed by atoms with E-state index in [2.05, 4.69) is 5.32 Å². The number of carbonyl (C=O) groups is 3. The topological polar surface area (TPSA) is 81.7 Å². The van der Waals surface area contributed by atoms with Crippen molar-refractivity contribution in [2.24, 2.45) is 11.8 Å². The summed E-state index contributed by atoms with van der Waals surface area (Å²) in [4.78, 5) is 40.1. The van der Waals surface area contributed by atoms with Gasteiger partial charge in [-0.3, -0.25) is 9.59 Å². The van der Waals surface area contributed by atoms with Gasteiger partial charge in [0.2, 0.25) is 0 Å². The van der Waals surface area contributed by atoms with Crippen molar-refractivity contribution in [3.8, 4) is 11.1 Å². The number of hydrogen-bond donors (Lipinski definition) is 1. The first kappa shape index (κ1) is 25.0. The van der Waals surface area contributed by atoms with Crippen molar-refractivity contribution in [2.45, 2.75) is 58.0 Å². The third-order valence-corrected chi connectivity index (χ3v) is 7.89. The van der Waals surface area contributed by atoms with Crippen molar-refractivity contribution >= 4 is 17.7 Å². The highest BCUT2D eigenvalue weighted by atomic mass is 16.5. The van der Waals surface area contributed by atoms with Gasteiger partial charge in [-0.25, -0.2) is 4.79 Å². The van der Waals surface area contributed by atoms with E-state index in [1.807, 2.05) is 68.4 Å². The molecule has 2 aromatic carbocycles. The minimum atomic E-state index is -0.901. The number of benzene rings is 2. The Morgan fingerprint density at radius 2 is 1.59 bits per heavy atom. The van der Waals surface area contributed by atoms with E-state index in [0.29, 0.717) is 23.3 Å². The van der Waals surface area contributed by atoms with Crippen molar-refractivity contribution in [3.05, 3.63) is 82.7 Å². The number of Topliss-reactive ketones (excluding diaryl/α,β-unsaturated/α-hetero) is 1. The van der Waals surface area contributed by atoms with E-state index in [0.717, 1.165) is 48.1 Å². The summed E-state index contributed by atoms with van der Waals surface area (Å²) in [5, 5.41) is 3.33. The maximum Gasteiger partial charge on any atom is 0.337 e. The molecular formula is C31H33NO5. The molecule has 0 bridgehead atoms. The van der Waals surface area contributed by atoms with E-state index < -0.39 is 23.8 Å². The largest absolute Gasteiger partial charge is 0.468 e. The van der Waals surface area contributed by atoms with Crippen LogP contribution in [0.15, 0.2) is 77.1 Å². The molecule has 1 aliphatic heterocycles. The van der Waals surface area contributed by atoms with Crippen LogP contribution in [-0.4, -0.2) is 30.9 Å². The number of ether oxygens (including phenoxy) is 2. The highest BCUT2D eigenvalue weighted by molar-refractivity contribution is 6.12. The number of carbonyl (C=O) groups excluding carboxylic acids is 3. The second-order valence-corrected chi connectivity index (χ2v) is 10.3. The molecule has 6 nitrogen and oxygen atoms in total. The summed E-state index contributed by atoms with van der Waals surface area (Å²) in [7, 11) is 1.31. The van der Waals surface area contributed by atoms with Gasteiger partial charge < -0.3 is 14.8 Å². The Balaban J connectivity index is 1.58. The number of esters is 2. The lowest BCUT2D eigenvalue weighted by molar-refractivity contribution is -0.151. The minimum Gasteiger partial charge on any atom is -0.468 e. The fraction of sp³-hybridized carbons (Fsp3) is 0.387. The average molecular weight is 500 g/mol. The zero-order valence-corrected chi connectivity index (χ0v) is 21.6. The molecule has 1 heterocycles. The van der Waals surface area contributed by atoms with Gasteiger partial charge in [-0.15, -0.1) is 0 Å². The van der Waals surface area contributed by atoms with Crippen molar-refractivity contribution in [2.75, 3.05) is 7.11 Å². The Morgan fingerprint density at radius 1 is 0.946 bits per heavy atom. The summed E-state index contributed by atoms with van der Waals surface area (Å²) in [6.07, 6.45) is 4.22. The summed E-state index contributed by atoms with van der Waals surface area (Å²) in [5.74, 6) is -2.97. The second kappa shape index (κ2) is 10.4. The molecule has 3 aliphatic rings. The number of hydrogen-bond acceptors (Lipinski definition) is 6. The number of nitrogens with one attached hydrogen (secondary N) is 1. The molecule has 0 saturated heterocycles. The van der Waals surface area contributed by atoms with Gasteiger partial charge in [0.25, 0.3) is 0 Å². The monoisotopic (exact) mass is 499 g/mol. The number of dihydropyridines is 1. The molecule has 1 fully saturated rings. The number of methoxy groups -OCH3 is 1. The smallest absolute Gasteiger partial charge is 0.337 e. The summed E-state index contributed by atoms with van der Waals surface area (Å²) >= 11 is 0. The highest BCUT2D eigenvalue weighted by Crippen LogP contribution is 2.46. The van der Waals surface area contributed by atoms with E-state index in [-0.39, 0.29) is 17.8 Å². The van der Waals surface area contributed by atoms with Gasteiger partial charge in [-0.05, 0) is 61.6 Å².